The minimum absolute atomic E-state index is 0.0157. The van der Waals surface area contributed by atoms with Crippen molar-refractivity contribution < 1.29 is 73.2 Å². The molecule has 4 N–H and O–H groups in total. The lowest BCUT2D eigenvalue weighted by atomic mass is 9.94. The summed E-state index contributed by atoms with van der Waals surface area (Å²) in [5, 5.41) is 12.0. The number of urea groups is 2. The topological polar surface area (TPSA) is 308 Å². The molecule has 88 heavy (non-hydrogen) atoms. The molecular formula is C58H78F2N12O14S2. The predicted octanol–water partition coefficient (Wildman–Crippen LogP) is 7.55. The third-order valence-corrected chi connectivity index (χ3v) is 15.2. The van der Waals surface area contributed by atoms with Crippen molar-refractivity contribution in [1.29, 1.82) is 0 Å². The Morgan fingerprint density at radius 1 is 0.523 bits per heavy atom. The maximum absolute atomic E-state index is 14.8. The molecule has 0 spiro atoms. The van der Waals surface area contributed by atoms with Gasteiger partial charge in [0.25, 0.3) is 31.9 Å². The van der Waals surface area contributed by atoms with Gasteiger partial charge >= 0.3 is 12.1 Å². The van der Waals surface area contributed by atoms with Crippen molar-refractivity contribution in [1.82, 2.24) is 48.8 Å². The number of rotatable bonds is 28. The molecule has 0 fully saturated rings. The summed E-state index contributed by atoms with van der Waals surface area (Å²) < 4.78 is 120. The molecule has 4 heterocycles. The van der Waals surface area contributed by atoms with Crippen molar-refractivity contribution in [3.63, 3.8) is 0 Å². The summed E-state index contributed by atoms with van der Waals surface area (Å²) in [6.45, 7) is 16.6. The van der Waals surface area contributed by atoms with Crippen LogP contribution in [0.4, 0.5) is 29.7 Å². The van der Waals surface area contributed by atoms with Crippen LogP contribution >= 0.6 is 0 Å². The van der Waals surface area contributed by atoms with Gasteiger partial charge in [-0.25, -0.2) is 37.8 Å². The lowest BCUT2D eigenvalue weighted by Gasteiger charge is -2.21. The SMILES string of the molecule is COCCN(CCOC)C(=O)c1cc(S(=O)(=O)NC(=O)Nc2c(-c3ccnc(OC(C)C)c3)cc(F)cc2C(C)C)nn1C.COCCN(CCOC)C(=O)c1cc(S(=O)(=O)NC(=O)Nc2c(-c3ccnc(OC(C)C)c3)cc(F)cc2C(C)C)nn1C. The summed E-state index contributed by atoms with van der Waals surface area (Å²) in [6.07, 6.45) is 2.66. The third-order valence-electron chi connectivity index (χ3n) is 12.8. The predicted molar refractivity (Wildman–Crippen MR) is 323 cm³/mol. The number of methoxy groups -OCH3 is 4. The number of halogens is 2. The Balaban J connectivity index is 0.000000321. The number of carbonyl (C=O) groups excluding carboxylic acids is 4. The smallest absolute Gasteiger partial charge is 0.333 e. The zero-order chi connectivity index (χ0) is 65.2. The first-order valence-electron chi connectivity index (χ1n) is 27.8. The van der Waals surface area contributed by atoms with Gasteiger partial charge in [-0.15, -0.1) is 0 Å². The molecule has 6 aromatic rings. The summed E-state index contributed by atoms with van der Waals surface area (Å²) in [5.74, 6) is -1.95. The van der Waals surface area contributed by atoms with Crippen LogP contribution in [0.3, 0.4) is 0 Å². The lowest BCUT2D eigenvalue weighted by Crippen LogP contribution is -2.37. The van der Waals surface area contributed by atoms with E-state index in [4.69, 9.17) is 28.4 Å². The molecular weight excluding hydrogens is 1190 g/mol. The van der Waals surface area contributed by atoms with Crippen LogP contribution in [-0.4, -0.2) is 173 Å². The van der Waals surface area contributed by atoms with E-state index in [1.54, 1.807) is 24.3 Å². The highest BCUT2D eigenvalue weighted by molar-refractivity contribution is 7.90. The quantitative estimate of drug-likeness (QED) is 0.0368. The van der Waals surface area contributed by atoms with Gasteiger partial charge in [0.1, 0.15) is 23.0 Å². The molecule has 0 atom stereocenters. The number of benzene rings is 2. The molecule has 0 bridgehead atoms. The van der Waals surface area contributed by atoms with Crippen molar-refractivity contribution >= 4 is 55.3 Å². The van der Waals surface area contributed by atoms with Gasteiger partial charge in [0.2, 0.25) is 11.8 Å². The summed E-state index contributed by atoms with van der Waals surface area (Å²) in [5.41, 5.74) is 2.85. The van der Waals surface area contributed by atoms with Crippen LogP contribution < -0.4 is 29.6 Å². The number of aryl methyl sites for hydroxylation is 2. The number of pyridine rings is 2. The average Bonchev–Trinajstić information content (AvgIpc) is 3.36. The molecule has 0 saturated heterocycles. The van der Waals surface area contributed by atoms with E-state index in [-0.39, 0.29) is 99.4 Å². The number of sulfonamides is 2. The molecule has 2 aromatic carbocycles. The van der Waals surface area contributed by atoms with Crippen LogP contribution in [0.25, 0.3) is 22.3 Å². The molecule has 0 aliphatic carbocycles. The normalized spacial score (nSPS) is 11.6. The fourth-order valence-corrected chi connectivity index (χ4v) is 10.4. The Morgan fingerprint density at radius 2 is 0.852 bits per heavy atom. The molecule has 30 heteroatoms. The Morgan fingerprint density at radius 3 is 1.15 bits per heavy atom. The fraction of sp³-hybridized carbons (Fsp3) is 0.448. The molecule has 0 saturated carbocycles. The number of hydrogen-bond acceptors (Lipinski definition) is 18. The van der Waals surface area contributed by atoms with Gasteiger partial charge in [0, 0.05) is 116 Å². The number of hydrogen-bond donors (Lipinski definition) is 4. The Bertz CT molecular complexity index is 3370. The number of carbonyl (C=O) groups is 4. The van der Waals surface area contributed by atoms with Gasteiger partial charge in [-0.1, -0.05) is 27.7 Å². The van der Waals surface area contributed by atoms with Crippen molar-refractivity contribution in [2.75, 3.05) is 91.7 Å². The van der Waals surface area contributed by atoms with Crippen LogP contribution in [-0.2, 0) is 53.1 Å². The third kappa shape index (κ3) is 19.4. The van der Waals surface area contributed by atoms with Crippen molar-refractivity contribution in [3.05, 3.63) is 107 Å². The number of ether oxygens (including phenoxy) is 6. The average molecular weight is 1270 g/mol. The van der Waals surface area contributed by atoms with E-state index in [9.17, 15) is 44.8 Å². The minimum atomic E-state index is -4.53. The summed E-state index contributed by atoms with van der Waals surface area (Å²) >= 11 is 0. The second-order valence-corrected chi connectivity index (χ2v) is 24.2. The van der Waals surface area contributed by atoms with Crippen molar-refractivity contribution in [2.45, 2.75) is 89.5 Å². The van der Waals surface area contributed by atoms with Crippen LogP contribution in [0.2, 0.25) is 0 Å². The Kier molecular flexibility index (Phi) is 25.8. The van der Waals surface area contributed by atoms with Crippen molar-refractivity contribution in [2.24, 2.45) is 14.1 Å². The Labute approximate surface area is 511 Å². The van der Waals surface area contributed by atoms with Gasteiger partial charge in [-0.2, -0.15) is 27.0 Å². The highest BCUT2D eigenvalue weighted by Gasteiger charge is 2.30. The molecule has 6 rings (SSSR count). The zero-order valence-corrected chi connectivity index (χ0v) is 53.4. The number of nitrogens with zero attached hydrogens (tertiary/aromatic N) is 8. The first-order chi connectivity index (χ1) is 41.5. The highest BCUT2D eigenvalue weighted by Crippen LogP contribution is 2.39. The number of anilines is 2. The standard InChI is InChI=1S/2C29H39FN6O7S/c2*1-18(2)22-15-21(30)16-23(20-8-9-31-25(14-20)43-19(3)4)27(22)32-29(38)34-44(39,40)26-17-24(35(5)33-26)28(37)36(10-12-41-6)11-13-42-7/h2*8-9,14-19H,10-13H2,1-7H3,(H2,32,34,38). The van der Waals surface area contributed by atoms with Gasteiger partial charge in [-0.05, 0) is 98.2 Å². The van der Waals surface area contributed by atoms with Gasteiger partial charge in [0.15, 0.2) is 10.1 Å². The van der Waals surface area contributed by atoms with E-state index in [1.807, 2.05) is 64.8 Å². The van der Waals surface area contributed by atoms with E-state index in [1.165, 1.54) is 89.0 Å². The molecule has 26 nitrogen and oxygen atoms in total. The van der Waals surface area contributed by atoms with E-state index >= 15 is 0 Å². The Hall–Kier alpha value is -8.16. The lowest BCUT2D eigenvalue weighted by molar-refractivity contribution is 0.0612. The summed E-state index contributed by atoms with van der Waals surface area (Å²) in [6, 6.07) is 11.5. The largest absolute Gasteiger partial charge is 0.475 e. The van der Waals surface area contributed by atoms with E-state index in [0.717, 1.165) is 21.5 Å². The van der Waals surface area contributed by atoms with E-state index in [0.29, 0.717) is 45.1 Å². The summed E-state index contributed by atoms with van der Waals surface area (Å²) in [4.78, 5) is 63.9. The zero-order valence-electron chi connectivity index (χ0n) is 51.8. The first-order valence-corrected chi connectivity index (χ1v) is 30.7. The maximum atomic E-state index is 14.8. The number of nitrogens with one attached hydrogen (secondary N) is 4. The molecule has 480 valence electrons. The maximum Gasteiger partial charge on any atom is 0.333 e. The monoisotopic (exact) mass is 1270 g/mol. The van der Waals surface area contributed by atoms with Crippen LogP contribution in [0.5, 0.6) is 11.8 Å². The molecule has 0 radical (unpaired) electrons. The fourth-order valence-electron chi connectivity index (χ4n) is 8.60. The van der Waals surface area contributed by atoms with Gasteiger partial charge in [0.05, 0.1) is 50.0 Å². The van der Waals surface area contributed by atoms with Gasteiger partial charge in [-0.3, -0.25) is 19.0 Å². The molecule has 0 aliphatic rings. The highest BCUT2D eigenvalue weighted by atomic mass is 32.2. The van der Waals surface area contributed by atoms with Crippen molar-refractivity contribution in [3.8, 4) is 34.0 Å². The van der Waals surface area contributed by atoms with Crippen LogP contribution in [0.1, 0.15) is 99.3 Å². The van der Waals surface area contributed by atoms with Gasteiger partial charge < -0.3 is 48.9 Å². The second-order valence-electron chi connectivity index (χ2n) is 20.9. The number of aromatic nitrogens is 6. The second kappa shape index (κ2) is 32.2. The summed E-state index contributed by atoms with van der Waals surface area (Å²) in [7, 11) is -0.228. The molecule has 0 unspecified atom stereocenters. The first kappa shape index (κ1) is 70.6. The molecule has 6 amide bonds. The number of amides is 6. The van der Waals surface area contributed by atoms with E-state index in [2.05, 4.69) is 30.8 Å². The van der Waals surface area contributed by atoms with Crippen LogP contribution in [0, 0.1) is 11.6 Å². The molecule has 0 aliphatic heterocycles. The van der Waals surface area contributed by atoms with Crippen LogP contribution in [0.15, 0.2) is 83.1 Å². The minimum Gasteiger partial charge on any atom is -0.475 e. The van der Waals surface area contributed by atoms with E-state index < -0.39 is 65.6 Å². The molecule has 4 aromatic heterocycles.